The number of rotatable bonds is 3. The van der Waals surface area contributed by atoms with E-state index in [4.69, 9.17) is 4.74 Å². The van der Waals surface area contributed by atoms with Crippen LogP contribution in [0.5, 0.6) is 0 Å². The van der Waals surface area contributed by atoms with Crippen LogP contribution in [0.25, 0.3) is 0 Å². The number of carboxylic acids is 1. The van der Waals surface area contributed by atoms with Crippen LogP contribution in [0.2, 0.25) is 0 Å². The summed E-state index contributed by atoms with van der Waals surface area (Å²) in [6, 6.07) is 3.56. The Hall–Kier alpha value is -2.15. The number of fused-ring (bicyclic) bond motifs is 1. The Morgan fingerprint density at radius 3 is 2.84 bits per heavy atom. The second kappa shape index (κ2) is 6.29. The molecule has 1 saturated carbocycles. The highest BCUT2D eigenvalue weighted by Crippen LogP contribution is 2.49. The standard InChI is InChI=1S/C18H23N3O4/c22-16(21-11-13-3-1-5-18(13,12-21)17(23)24)14-4-2-6-19-15(14)20-7-9-25-10-8-20/h2,4,6,13H,1,3,5,7-12H2,(H,23,24)/t13-,18+/m0/s1. The zero-order valence-electron chi connectivity index (χ0n) is 14.2. The number of carbonyl (C=O) groups is 2. The monoisotopic (exact) mass is 345 g/mol. The van der Waals surface area contributed by atoms with Gasteiger partial charge in [0.25, 0.3) is 5.91 Å². The van der Waals surface area contributed by atoms with Crippen molar-refractivity contribution < 1.29 is 19.4 Å². The minimum absolute atomic E-state index is 0.0671. The van der Waals surface area contributed by atoms with E-state index in [0.29, 0.717) is 57.2 Å². The fraction of sp³-hybridized carbons (Fsp3) is 0.611. The molecule has 0 spiro atoms. The number of hydrogen-bond donors (Lipinski definition) is 1. The van der Waals surface area contributed by atoms with Crippen LogP contribution in [0.4, 0.5) is 5.82 Å². The topological polar surface area (TPSA) is 83.0 Å². The molecule has 2 aliphatic heterocycles. The number of nitrogens with zero attached hydrogens (tertiary/aromatic N) is 3. The maximum absolute atomic E-state index is 13.1. The number of aliphatic carboxylic acids is 1. The van der Waals surface area contributed by atoms with Crippen molar-refractivity contribution >= 4 is 17.7 Å². The van der Waals surface area contributed by atoms with Crippen molar-refractivity contribution in [3.05, 3.63) is 23.9 Å². The highest BCUT2D eigenvalue weighted by molar-refractivity contribution is 5.99. The lowest BCUT2D eigenvalue weighted by atomic mass is 9.81. The number of ether oxygens (including phenoxy) is 1. The molecule has 25 heavy (non-hydrogen) atoms. The molecule has 0 aromatic carbocycles. The van der Waals surface area contributed by atoms with Crippen LogP contribution in [0.3, 0.4) is 0 Å². The van der Waals surface area contributed by atoms with Crippen molar-refractivity contribution in [3.8, 4) is 0 Å². The molecule has 1 N–H and O–H groups in total. The quantitative estimate of drug-likeness (QED) is 0.888. The molecule has 1 aromatic rings. The van der Waals surface area contributed by atoms with Gasteiger partial charge in [-0.25, -0.2) is 4.98 Å². The number of morpholine rings is 1. The van der Waals surface area contributed by atoms with Gasteiger partial charge < -0.3 is 19.6 Å². The first-order valence-electron chi connectivity index (χ1n) is 8.92. The highest BCUT2D eigenvalue weighted by Gasteiger charge is 2.56. The Morgan fingerprint density at radius 2 is 2.12 bits per heavy atom. The van der Waals surface area contributed by atoms with Crippen LogP contribution in [0.1, 0.15) is 29.6 Å². The molecule has 7 nitrogen and oxygen atoms in total. The summed E-state index contributed by atoms with van der Waals surface area (Å²) in [6.45, 7) is 3.50. The molecular weight excluding hydrogens is 322 g/mol. The molecule has 2 atom stereocenters. The predicted molar refractivity (Wildman–Crippen MR) is 90.6 cm³/mol. The van der Waals surface area contributed by atoms with Gasteiger partial charge in [0, 0.05) is 32.4 Å². The molecule has 134 valence electrons. The summed E-state index contributed by atoms with van der Waals surface area (Å²) in [4.78, 5) is 33.2. The summed E-state index contributed by atoms with van der Waals surface area (Å²) in [5.74, 6) is -0.121. The van der Waals surface area contributed by atoms with Crippen molar-refractivity contribution in [1.82, 2.24) is 9.88 Å². The van der Waals surface area contributed by atoms with E-state index in [1.54, 1.807) is 23.2 Å². The van der Waals surface area contributed by atoms with Crippen LogP contribution in [0.15, 0.2) is 18.3 Å². The lowest BCUT2D eigenvalue weighted by molar-refractivity contribution is -0.149. The number of carboxylic acid groups (broad SMARTS) is 1. The molecule has 0 unspecified atom stereocenters. The van der Waals surface area contributed by atoms with E-state index in [-0.39, 0.29) is 11.8 Å². The SMILES string of the molecule is O=C(c1cccnc1N1CCOCC1)N1C[C@@H]2CCC[C@@]2(C(=O)O)C1. The van der Waals surface area contributed by atoms with Gasteiger partial charge in [0.1, 0.15) is 5.82 Å². The van der Waals surface area contributed by atoms with Gasteiger partial charge in [-0.05, 0) is 30.9 Å². The Kier molecular flexibility index (Phi) is 4.11. The summed E-state index contributed by atoms with van der Waals surface area (Å²) in [7, 11) is 0. The third-order valence-electron chi connectivity index (χ3n) is 5.91. The normalized spacial score (nSPS) is 28.9. The zero-order valence-corrected chi connectivity index (χ0v) is 14.2. The summed E-state index contributed by atoms with van der Waals surface area (Å²) < 4.78 is 5.38. The molecular formula is C18H23N3O4. The number of anilines is 1. The van der Waals surface area contributed by atoms with Gasteiger partial charge in [-0.3, -0.25) is 9.59 Å². The van der Waals surface area contributed by atoms with Gasteiger partial charge in [-0.2, -0.15) is 0 Å². The van der Waals surface area contributed by atoms with E-state index in [0.717, 1.165) is 12.8 Å². The second-order valence-corrected chi connectivity index (χ2v) is 7.21. The molecule has 1 amide bonds. The summed E-state index contributed by atoms with van der Waals surface area (Å²) in [6.07, 6.45) is 4.18. The molecule has 4 rings (SSSR count). The van der Waals surface area contributed by atoms with Crippen molar-refractivity contribution in [1.29, 1.82) is 0 Å². The molecule has 3 fully saturated rings. The Labute approximate surface area is 146 Å². The van der Waals surface area contributed by atoms with Gasteiger partial charge in [0.05, 0.1) is 24.2 Å². The number of hydrogen-bond acceptors (Lipinski definition) is 5. The molecule has 7 heteroatoms. The first kappa shape index (κ1) is 16.3. The summed E-state index contributed by atoms with van der Waals surface area (Å²) in [5, 5.41) is 9.73. The fourth-order valence-corrected chi connectivity index (χ4v) is 4.55. The summed E-state index contributed by atoms with van der Waals surface area (Å²) >= 11 is 0. The van der Waals surface area contributed by atoms with E-state index in [1.807, 2.05) is 0 Å². The van der Waals surface area contributed by atoms with Crippen LogP contribution in [0, 0.1) is 11.3 Å². The Morgan fingerprint density at radius 1 is 1.32 bits per heavy atom. The van der Waals surface area contributed by atoms with Crippen LogP contribution >= 0.6 is 0 Å². The second-order valence-electron chi connectivity index (χ2n) is 7.21. The van der Waals surface area contributed by atoms with Crippen LogP contribution < -0.4 is 4.90 Å². The number of aromatic nitrogens is 1. The molecule has 1 aromatic heterocycles. The smallest absolute Gasteiger partial charge is 0.311 e. The Balaban J connectivity index is 1.59. The Bertz CT molecular complexity index is 689. The van der Waals surface area contributed by atoms with E-state index < -0.39 is 11.4 Å². The largest absolute Gasteiger partial charge is 0.481 e. The average molecular weight is 345 g/mol. The average Bonchev–Trinajstić information content (AvgIpc) is 3.20. The summed E-state index contributed by atoms with van der Waals surface area (Å²) in [5.41, 5.74) is -0.193. The lowest BCUT2D eigenvalue weighted by Crippen LogP contribution is -2.40. The van der Waals surface area contributed by atoms with E-state index in [1.165, 1.54) is 0 Å². The third kappa shape index (κ3) is 2.66. The van der Waals surface area contributed by atoms with Gasteiger partial charge in [-0.1, -0.05) is 6.42 Å². The van der Waals surface area contributed by atoms with Crippen molar-refractivity contribution in [3.63, 3.8) is 0 Å². The van der Waals surface area contributed by atoms with Crippen LogP contribution in [-0.2, 0) is 9.53 Å². The van der Waals surface area contributed by atoms with Gasteiger partial charge in [0.15, 0.2) is 0 Å². The maximum Gasteiger partial charge on any atom is 0.311 e. The molecule has 2 saturated heterocycles. The lowest BCUT2D eigenvalue weighted by Gasteiger charge is -2.30. The minimum Gasteiger partial charge on any atom is -0.481 e. The van der Waals surface area contributed by atoms with E-state index >= 15 is 0 Å². The molecule has 0 bridgehead atoms. The van der Waals surface area contributed by atoms with Crippen LogP contribution in [-0.4, -0.2) is 66.3 Å². The van der Waals surface area contributed by atoms with Gasteiger partial charge in [-0.15, -0.1) is 0 Å². The number of pyridine rings is 1. The number of amides is 1. The first-order valence-corrected chi connectivity index (χ1v) is 8.92. The minimum atomic E-state index is -0.759. The van der Waals surface area contributed by atoms with Crippen molar-refractivity contribution in [2.45, 2.75) is 19.3 Å². The molecule has 1 aliphatic carbocycles. The first-order chi connectivity index (χ1) is 12.1. The van der Waals surface area contributed by atoms with Gasteiger partial charge in [0.2, 0.25) is 0 Å². The molecule has 3 heterocycles. The molecule has 0 radical (unpaired) electrons. The number of carbonyl (C=O) groups excluding carboxylic acids is 1. The van der Waals surface area contributed by atoms with Crippen molar-refractivity contribution in [2.24, 2.45) is 11.3 Å². The van der Waals surface area contributed by atoms with Gasteiger partial charge >= 0.3 is 5.97 Å². The van der Waals surface area contributed by atoms with Crippen molar-refractivity contribution in [2.75, 3.05) is 44.3 Å². The highest BCUT2D eigenvalue weighted by atomic mass is 16.5. The predicted octanol–water partition coefficient (Wildman–Crippen LogP) is 1.25. The fourth-order valence-electron chi connectivity index (χ4n) is 4.55. The van der Waals surface area contributed by atoms with E-state index in [9.17, 15) is 14.7 Å². The molecule has 3 aliphatic rings. The maximum atomic E-state index is 13.1. The zero-order chi connectivity index (χ0) is 17.4. The third-order valence-corrected chi connectivity index (χ3v) is 5.91. The van der Waals surface area contributed by atoms with E-state index in [2.05, 4.69) is 9.88 Å². The number of likely N-dealkylation sites (tertiary alicyclic amines) is 1.